The van der Waals surface area contributed by atoms with Crippen LogP contribution in [0.15, 0.2) is 60.7 Å². The second-order valence-electron chi connectivity index (χ2n) is 11.0. The Kier molecular flexibility index (Phi) is 7.71. The zero-order chi connectivity index (χ0) is 24.3. The van der Waals surface area contributed by atoms with Gasteiger partial charge in [0.15, 0.2) is 0 Å². The molecule has 2 atom stereocenters. The van der Waals surface area contributed by atoms with Gasteiger partial charge in [-0.05, 0) is 42.6 Å². The van der Waals surface area contributed by atoms with Crippen LogP contribution in [0.1, 0.15) is 48.0 Å². The Labute approximate surface area is 199 Å². The Morgan fingerprint density at radius 2 is 1.48 bits per heavy atom. The molecule has 1 heterocycles. The van der Waals surface area contributed by atoms with E-state index in [4.69, 9.17) is 9.16 Å². The number of nitrogens with zero attached hydrogens (tertiary/aromatic N) is 1. The summed E-state index contributed by atoms with van der Waals surface area (Å²) in [4.78, 5) is 14.4. The number of carbonyl (C=O) groups excluding carboxylic acids is 1. The third kappa shape index (κ3) is 5.86. The third-order valence-corrected chi connectivity index (χ3v) is 11.3. The van der Waals surface area contributed by atoms with Crippen LogP contribution in [-0.4, -0.2) is 55.8 Å². The van der Waals surface area contributed by atoms with Crippen molar-refractivity contribution in [1.82, 2.24) is 4.90 Å². The van der Waals surface area contributed by atoms with E-state index in [1.165, 1.54) is 10.4 Å². The lowest BCUT2D eigenvalue weighted by Crippen LogP contribution is -2.67. The van der Waals surface area contributed by atoms with E-state index in [1.807, 2.05) is 32.9 Å². The number of hydrogen-bond acceptors (Lipinski definition) is 4. The van der Waals surface area contributed by atoms with E-state index in [2.05, 4.69) is 69.3 Å². The highest BCUT2D eigenvalue weighted by atomic mass is 28.4. The van der Waals surface area contributed by atoms with Gasteiger partial charge in [-0.3, -0.25) is 0 Å². The first-order valence-corrected chi connectivity index (χ1v) is 13.8. The predicted molar refractivity (Wildman–Crippen MR) is 135 cm³/mol. The van der Waals surface area contributed by atoms with Crippen molar-refractivity contribution in [3.63, 3.8) is 0 Å². The van der Waals surface area contributed by atoms with E-state index in [1.54, 1.807) is 4.90 Å². The summed E-state index contributed by atoms with van der Waals surface area (Å²) in [6.45, 7) is 13.6. The van der Waals surface area contributed by atoms with Gasteiger partial charge in [-0.1, -0.05) is 81.4 Å². The average Bonchev–Trinajstić information content (AvgIpc) is 2.74. The molecule has 2 aromatic carbocycles. The highest BCUT2D eigenvalue weighted by Crippen LogP contribution is 2.37. The lowest BCUT2D eigenvalue weighted by molar-refractivity contribution is -0.0186. The highest BCUT2D eigenvalue weighted by molar-refractivity contribution is 6.99. The first kappa shape index (κ1) is 25.5. The van der Waals surface area contributed by atoms with Gasteiger partial charge in [0.05, 0.1) is 6.10 Å². The van der Waals surface area contributed by atoms with E-state index in [9.17, 15) is 9.90 Å². The molecule has 0 aliphatic carbocycles. The first-order valence-electron chi connectivity index (χ1n) is 11.8. The summed E-state index contributed by atoms with van der Waals surface area (Å²) in [6, 6.07) is 21.0. The van der Waals surface area contributed by atoms with Crippen molar-refractivity contribution in [2.45, 2.75) is 64.7 Å². The molecule has 5 nitrogen and oxygen atoms in total. The molecule has 1 saturated heterocycles. The van der Waals surface area contributed by atoms with Gasteiger partial charge in [-0.2, -0.15) is 0 Å². The van der Waals surface area contributed by atoms with Crippen LogP contribution in [0.2, 0.25) is 5.04 Å². The molecule has 33 heavy (non-hydrogen) atoms. The van der Waals surface area contributed by atoms with Crippen LogP contribution >= 0.6 is 0 Å². The number of likely N-dealkylation sites (tertiary alicyclic amines) is 1. The molecule has 1 aliphatic rings. The average molecular weight is 470 g/mol. The quantitative estimate of drug-likeness (QED) is 0.668. The number of ether oxygens (including phenoxy) is 1. The van der Waals surface area contributed by atoms with Gasteiger partial charge in [0.1, 0.15) is 5.60 Å². The summed E-state index contributed by atoms with van der Waals surface area (Å²) in [5, 5.41) is 13.1. The number of aliphatic hydroxyl groups excluding tert-OH is 1. The van der Waals surface area contributed by atoms with Crippen LogP contribution in [0, 0.1) is 5.92 Å². The van der Waals surface area contributed by atoms with Crippen LogP contribution in [-0.2, 0) is 9.16 Å². The number of aliphatic hydroxyl groups is 1. The topological polar surface area (TPSA) is 59.0 Å². The lowest BCUT2D eigenvalue weighted by Gasteiger charge is -2.45. The second-order valence-corrected chi connectivity index (χ2v) is 15.3. The minimum atomic E-state index is -2.70. The first-order chi connectivity index (χ1) is 15.4. The standard InChI is InChI=1S/C27H39NO4Si/c1-26(2,3)32-25(30)28-18-17-24(29)21(19-28)20-31-33(27(4,5)6,22-13-9-7-10-14-22)23-15-11-8-12-16-23/h7-16,21,24,29H,17-20H2,1-6H3. The van der Waals surface area contributed by atoms with Gasteiger partial charge in [0.2, 0.25) is 0 Å². The minimum Gasteiger partial charge on any atom is -0.444 e. The van der Waals surface area contributed by atoms with E-state index >= 15 is 0 Å². The smallest absolute Gasteiger partial charge is 0.410 e. The van der Waals surface area contributed by atoms with Gasteiger partial charge in [0.25, 0.3) is 8.32 Å². The molecule has 0 bridgehead atoms. The maximum atomic E-state index is 12.7. The molecule has 1 amide bonds. The normalized spacial score (nSPS) is 19.9. The van der Waals surface area contributed by atoms with Gasteiger partial charge in [-0.15, -0.1) is 0 Å². The van der Waals surface area contributed by atoms with Gasteiger partial charge in [0, 0.05) is 25.6 Å². The maximum absolute atomic E-state index is 12.7. The van der Waals surface area contributed by atoms with Crippen LogP contribution in [0.5, 0.6) is 0 Å². The molecule has 2 aromatic rings. The predicted octanol–water partition coefficient (Wildman–Crippen LogP) is 4.18. The van der Waals surface area contributed by atoms with Crippen molar-refractivity contribution in [2.24, 2.45) is 5.92 Å². The van der Waals surface area contributed by atoms with Gasteiger partial charge >= 0.3 is 6.09 Å². The molecule has 180 valence electrons. The largest absolute Gasteiger partial charge is 0.444 e. The fourth-order valence-corrected chi connectivity index (χ4v) is 9.29. The van der Waals surface area contributed by atoms with Crippen molar-refractivity contribution >= 4 is 24.8 Å². The minimum absolute atomic E-state index is 0.139. The number of amides is 1. The number of piperidine rings is 1. The Hall–Kier alpha value is -2.15. The van der Waals surface area contributed by atoms with Gasteiger partial charge < -0.3 is 19.2 Å². The van der Waals surface area contributed by atoms with Crippen LogP contribution in [0.3, 0.4) is 0 Å². The van der Waals surface area contributed by atoms with Crippen molar-refractivity contribution < 1.29 is 19.1 Å². The van der Waals surface area contributed by atoms with Crippen LogP contribution < -0.4 is 10.4 Å². The Morgan fingerprint density at radius 3 is 1.94 bits per heavy atom. The van der Waals surface area contributed by atoms with Crippen molar-refractivity contribution in [2.75, 3.05) is 19.7 Å². The van der Waals surface area contributed by atoms with E-state index in [0.29, 0.717) is 26.1 Å². The number of benzene rings is 2. The van der Waals surface area contributed by atoms with Crippen LogP contribution in [0.25, 0.3) is 0 Å². The molecule has 1 N–H and O–H groups in total. The molecular formula is C27H39NO4Si. The van der Waals surface area contributed by atoms with Crippen molar-refractivity contribution in [3.05, 3.63) is 60.7 Å². The Bertz CT molecular complexity index is 866. The third-order valence-electron chi connectivity index (χ3n) is 6.28. The Morgan fingerprint density at radius 1 is 0.970 bits per heavy atom. The molecule has 0 radical (unpaired) electrons. The monoisotopic (exact) mass is 469 g/mol. The van der Waals surface area contributed by atoms with Crippen molar-refractivity contribution in [1.29, 1.82) is 0 Å². The molecule has 3 rings (SSSR count). The zero-order valence-electron chi connectivity index (χ0n) is 20.9. The van der Waals surface area contributed by atoms with Crippen molar-refractivity contribution in [3.8, 4) is 0 Å². The fourth-order valence-electron chi connectivity index (χ4n) is 4.67. The summed E-state index contributed by atoms with van der Waals surface area (Å²) in [6.07, 6.45) is -0.319. The summed E-state index contributed by atoms with van der Waals surface area (Å²) >= 11 is 0. The summed E-state index contributed by atoms with van der Waals surface area (Å²) in [7, 11) is -2.70. The van der Waals surface area contributed by atoms with E-state index in [-0.39, 0.29) is 17.0 Å². The number of carbonyl (C=O) groups is 1. The molecule has 0 spiro atoms. The lowest BCUT2D eigenvalue weighted by atomic mass is 9.96. The molecule has 0 aromatic heterocycles. The van der Waals surface area contributed by atoms with Crippen LogP contribution in [0.4, 0.5) is 4.79 Å². The summed E-state index contributed by atoms with van der Waals surface area (Å²) in [5.41, 5.74) is -0.548. The second kappa shape index (κ2) is 10.00. The molecular weight excluding hydrogens is 430 g/mol. The number of rotatable bonds is 5. The van der Waals surface area contributed by atoms with E-state index in [0.717, 1.165) is 0 Å². The SMILES string of the molecule is CC(C)(C)OC(=O)N1CCC(O)C(CO[Si](c2ccccc2)(c2ccccc2)C(C)(C)C)C1. The number of hydrogen-bond donors (Lipinski definition) is 1. The molecule has 1 aliphatic heterocycles. The fraction of sp³-hybridized carbons (Fsp3) is 0.519. The Balaban J connectivity index is 1.90. The molecule has 6 heteroatoms. The highest BCUT2D eigenvalue weighted by Gasteiger charge is 2.50. The summed E-state index contributed by atoms with van der Waals surface area (Å²) in [5.74, 6) is -0.173. The molecule has 2 unspecified atom stereocenters. The maximum Gasteiger partial charge on any atom is 0.410 e. The molecule has 0 saturated carbocycles. The summed E-state index contributed by atoms with van der Waals surface area (Å²) < 4.78 is 12.6. The van der Waals surface area contributed by atoms with Gasteiger partial charge in [-0.25, -0.2) is 4.79 Å². The molecule has 1 fully saturated rings. The zero-order valence-corrected chi connectivity index (χ0v) is 21.9. The van der Waals surface area contributed by atoms with E-state index < -0.39 is 20.0 Å².